The zero-order chi connectivity index (χ0) is 15.6. The quantitative estimate of drug-likeness (QED) is 0.807. The summed E-state index contributed by atoms with van der Waals surface area (Å²) >= 11 is 0. The summed E-state index contributed by atoms with van der Waals surface area (Å²) in [7, 11) is 0. The van der Waals surface area contributed by atoms with Crippen molar-refractivity contribution in [1.29, 1.82) is 0 Å². The van der Waals surface area contributed by atoms with E-state index in [0.29, 0.717) is 6.04 Å². The van der Waals surface area contributed by atoms with E-state index in [-0.39, 0.29) is 0 Å². The minimum Gasteiger partial charge on any atom is -0.317 e. The van der Waals surface area contributed by atoms with Crippen LogP contribution in [-0.4, -0.2) is 27.6 Å². The van der Waals surface area contributed by atoms with Crippen molar-refractivity contribution in [2.75, 3.05) is 13.1 Å². The van der Waals surface area contributed by atoms with Crippen LogP contribution in [0.4, 0.5) is 0 Å². The fourth-order valence-electron chi connectivity index (χ4n) is 3.53. The predicted molar refractivity (Wildman–Crippen MR) is 92.7 cm³/mol. The maximum Gasteiger partial charge on any atom is 0.160 e. The standard InChI is InChI=1S/C19H22N4/c1-14-5-2-3-6-15(14)13-18-22-17-7-4-10-21-19(17)23(18)16-8-11-20-12-9-16/h2-7,10,16,20H,8-9,11-13H2,1H3. The van der Waals surface area contributed by atoms with Gasteiger partial charge in [-0.2, -0.15) is 0 Å². The van der Waals surface area contributed by atoms with Gasteiger partial charge in [0.25, 0.3) is 0 Å². The fourth-order valence-corrected chi connectivity index (χ4v) is 3.53. The Morgan fingerprint density at radius 2 is 1.96 bits per heavy atom. The first-order chi connectivity index (χ1) is 11.3. The van der Waals surface area contributed by atoms with Crippen molar-refractivity contribution in [3.63, 3.8) is 0 Å². The molecule has 1 aromatic carbocycles. The van der Waals surface area contributed by atoms with Crippen LogP contribution in [0.2, 0.25) is 0 Å². The molecule has 1 saturated heterocycles. The summed E-state index contributed by atoms with van der Waals surface area (Å²) in [6, 6.07) is 13.1. The van der Waals surface area contributed by atoms with Crippen LogP contribution >= 0.6 is 0 Å². The Morgan fingerprint density at radius 3 is 2.78 bits per heavy atom. The molecule has 0 radical (unpaired) electrons. The molecule has 4 heteroatoms. The first-order valence-corrected chi connectivity index (χ1v) is 8.40. The molecular formula is C19H22N4. The molecule has 1 aliphatic heterocycles. The molecule has 1 aliphatic rings. The Balaban J connectivity index is 1.80. The summed E-state index contributed by atoms with van der Waals surface area (Å²) in [6.45, 7) is 4.31. The van der Waals surface area contributed by atoms with Gasteiger partial charge < -0.3 is 9.88 Å². The smallest absolute Gasteiger partial charge is 0.160 e. The second kappa shape index (κ2) is 6.13. The molecule has 0 amide bonds. The minimum absolute atomic E-state index is 0.496. The van der Waals surface area contributed by atoms with Crippen molar-refractivity contribution < 1.29 is 0 Å². The summed E-state index contributed by atoms with van der Waals surface area (Å²) in [5, 5.41) is 3.45. The number of pyridine rings is 1. The lowest BCUT2D eigenvalue weighted by Gasteiger charge is -2.26. The summed E-state index contributed by atoms with van der Waals surface area (Å²) in [4.78, 5) is 9.53. The Hall–Kier alpha value is -2.20. The highest BCUT2D eigenvalue weighted by Gasteiger charge is 2.22. The molecule has 0 unspecified atom stereocenters. The van der Waals surface area contributed by atoms with E-state index in [0.717, 1.165) is 49.3 Å². The van der Waals surface area contributed by atoms with Gasteiger partial charge in [-0.15, -0.1) is 0 Å². The lowest BCUT2D eigenvalue weighted by Crippen LogP contribution is -2.30. The van der Waals surface area contributed by atoms with Crippen molar-refractivity contribution in [3.8, 4) is 0 Å². The Kier molecular flexibility index (Phi) is 3.83. The number of nitrogens with one attached hydrogen (secondary N) is 1. The lowest BCUT2D eigenvalue weighted by molar-refractivity contribution is 0.367. The van der Waals surface area contributed by atoms with Gasteiger partial charge in [-0.25, -0.2) is 9.97 Å². The zero-order valence-corrected chi connectivity index (χ0v) is 13.5. The summed E-state index contributed by atoms with van der Waals surface area (Å²) < 4.78 is 2.39. The number of rotatable bonds is 3. The second-order valence-corrected chi connectivity index (χ2v) is 6.33. The number of aryl methyl sites for hydroxylation is 1. The number of aromatic nitrogens is 3. The highest BCUT2D eigenvalue weighted by atomic mass is 15.2. The van der Waals surface area contributed by atoms with E-state index in [1.54, 1.807) is 0 Å². The van der Waals surface area contributed by atoms with Crippen LogP contribution in [0.25, 0.3) is 11.2 Å². The Labute approximate surface area is 136 Å². The molecule has 2 aromatic heterocycles. The normalized spacial score (nSPS) is 16.0. The molecule has 0 aliphatic carbocycles. The van der Waals surface area contributed by atoms with Crippen LogP contribution in [0.5, 0.6) is 0 Å². The maximum absolute atomic E-state index is 4.90. The van der Waals surface area contributed by atoms with Crippen molar-refractivity contribution in [1.82, 2.24) is 19.9 Å². The van der Waals surface area contributed by atoms with Gasteiger partial charge in [-0.3, -0.25) is 0 Å². The van der Waals surface area contributed by atoms with Crippen LogP contribution < -0.4 is 5.32 Å². The van der Waals surface area contributed by atoms with E-state index in [1.165, 1.54) is 11.1 Å². The molecule has 0 bridgehead atoms. The average molecular weight is 306 g/mol. The largest absolute Gasteiger partial charge is 0.317 e. The van der Waals surface area contributed by atoms with Crippen LogP contribution in [0.1, 0.15) is 35.8 Å². The number of piperidine rings is 1. The highest BCUT2D eigenvalue weighted by Crippen LogP contribution is 2.27. The Morgan fingerprint density at radius 1 is 1.13 bits per heavy atom. The van der Waals surface area contributed by atoms with E-state index >= 15 is 0 Å². The number of fused-ring (bicyclic) bond motifs is 1. The van der Waals surface area contributed by atoms with Gasteiger partial charge in [0, 0.05) is 18.7 Å². The third-order valence-corrected chi connectivity index (χ3v) is 4.81. The van der Waals surface area contributed by atoms with Gasteiger partial charge >= 0.3 is 0 Å². The van der Waals surface area contributed by atoms with Gasteiger partial charge in [0.15, 0.2) is 5.65 Å². The first kappa shape index (κ1) is 14.4. The molecule has 1 fully saturated rings. The van der Waals surface area contributed by atoms with Crippen LogP contribution in [0, 0.1) is 6.92 Å². The molecule has 3 heterocycles. The molecule has 0 atom stereocenters. The van der Waals surface area contributed by atoms with E-state index in [9.17, 15) is 0 Å². The highest BCUT2D eigenvalue weighted by molar-refractivity contribution is 5.71. The number of nitrogens with zero attached hydrogens (tertiary/aromatic N) is 3. The maximum atomic E-state index is 4.90. The van der Waals surface area contributed by atoms with Crippen LogP contribution in [0.3, 0.4) is 0 Å². The SMILES string of the molecule is Cc1ccccc1Cc1nc2cccnc2n1C1CCNCC1. The van der Waals surface area contributed by atoms with Crippen molar-refractivity contribution in [3.05, 3.63) is 59.5 Å². The van der Waals surface area contributed by atoms with E-state index in [1.807, 2.05) is 12.3 Å². The number of hydrogen-bond acceptors (Lipinski definition) is 3. The molecular weight excluding hydrogens is 284 g/mol. The van der Waals surface area contributed by atoms with Gasteiger partial charge in [-0.05, 0) is 56.1 Å². The fraction of sp³-hybridized carbons (Fsp3) is 0.368. The zero-order valence-electron chi connectivity index (χ0n) is 13.5. The summed E-state index contributed by atoms with van der Waals surface area (Å²) in [6.07, 6.45) is 5.03. The number of benzene rings is 1. The summed E-state index contributed by atoms with van der Waals surface area (Å²) in [5.74, 6) is 1.14. The topological polar surface area (TPSA) is 42.7 Å². The van der Waals surface area contributed by atoms with Gasteiger partial charge in [0.2, 0.25) is 0 Å². The van der Waals surface area contributed by atoms with Crippen molar-refractivity contribution in [2.24, 2.45) is 0 Å². The van der Waals surface area contributed by atoms with Crippen LogP contribution in [0.15, 0.2) is 42.6 Å². The second-order valence-electron chi connectivity index (χ2n) is 6.33. The number of imidazole rings is 1. The van der Waals surface area contributed by atoms with E-state index in [4.69, 9.17) is 4.98 Å². The van der Waals surface area contributed by atoms with Crippen LogP contribution in [-0.2, 0) is 6.42 Å². The van der Waals surface area contributed by atoms with Gasteiger partial charge in [0.05, 0.1) is 0 Å². The molecule has 118 valence electrons. The molecule has 0 spiro atoms. The van der Waals surface area contributed by atoms with Crippen molar-refractivity contribution >= 4 is 11.2 Å². The third-order valence-electron chi connectivity index (χ3n) is 4.81. The monoisotopic (exact) mass is 306 g/mol. The predicted octanol–water partition coefficient (Wildman–Crippen LogP) is 3.26. The first-order valence-electron chi connectivity index (χ1n) is 8.40. The van der Waals surface area contributed by atoms with Crippen molar-refractivity contribution in [2.45, 2.75) is 32.2 Å². The van der Waals surface area contributed by atoms with Gasteiger partial charge in [0.1, 0.15) is 11.3 Å². The molecule has 3 aromatic rings. The van der Waals surface area contributed by atoms with E-state index < -0.39 is 0 Å². The van der Waals surface area contributed by atoms with Gasteiger partial charge in [-0.1, -0.05) is 24.3 Å². The number of hydrogen-bond donors (Lipinski definition) is 1. The minimum atomic E-state index is 0.496. The lowest BCUT2D eigenvalue weighted by atomic mass is 10.0. The molecule has 4 nitrogen and oxygen atoms in total. The molecule has 0 saturated carbocycles. The summed E-state index contributed by atoms with van der Waals surface area (Å²) in [5.41, 5.74) is 4.71. The van der Waals surface area contributed by atoms with E-state index in [2.05, 4.69) is 52.1 Å². The molecule has 23 heavy (non-hydrogen) atoms. The average Bonchev–Trinajstić information content (AvgIpc) is 2.95. The molecule has 1 N–H and O–H groups in total. The molecule has 4 rings (SSSR count). The third kappa shape index (κ3) is 2.75. The Bertz CT molecular complexity index is 815.